The normalized spacial score (nSPS) is 18.8. The summed E-state index contributed by atoms with van der Waals surface area (Å²) in [5.41, 5.74) is 0.00482. The van der Waals surface area contributed by atoms with E-state index >= 15 is 0 Å². The lowest BCUT2D eigenvalue weighted by molar-refractivity contribution is -0.145. The Bertz CT molecular complexity index is 1050. The molecular weight excluding hydrogens is 440 g/mol. The Morgan fingerprint density at radius 1 is 1.25 bits per heavy atom. The Morgan fingerprint density at radius 2 is 1.94 bits per heavy atom. The molecule has 0 saturated carbocycles. The number of nitrogens with zero attached hydrogens (tertiary/aromatic N) is 5. The van der Waals surface area contributed by atoms with Crippen LogP contribution in [0.25, 0.3) is 11.2 Å². The summed E-state index contributed by atoms with van der Waals surface area (Å²) in [6, 6.07) is -1.18. The van der Waals surface area contributed by atoms with Crippen molar-refractivity contribution in [3.05, 3.63) is 11.5 Å². The molecule has 0 bridgehead atoms. The second-order valence-corrected chi connectivity index (χ2v) is 9.23. The van der Waals surface area contributed by atoms with E-state index in [0.29, 0.717) is 11.2 Å². The van der Waals surface area contributed by atoms with Crippen LogP contribution >= 0.6 is 11.6 Å². The summed E-state index contributed by atoms with van der Waals surface area (Å²) >= 11 is 6.26. The van der Waals surface area contributed by atoms with Gasteiger partial charge in [0.05, 0.1) is 19.5 Å². The van der Waals surface area contributed by atoms with Gasteiger partial charge in [0, 0.05) is 18.9 Å². The van der Waals surface area contributed by atoms with Crippen LogP contribution in [0.5, 0.6) is 0 Å². The van der Waals surface area contributed by atoms with Crippen molar-refractivity contribution in [3.8, 4) is 0 Å². The van der Waals surface area contributed by atoms with Crippen LogP contribution in [0.2, 0.25) is 5.15 Å². The Hall–Kier alpha value is -2.95. The molecule has 0 aromatic carbocycles. The number of methoxy groups -OCH3 is 1. The Labute approximate surface area is 190 Å². The van der Waals surface area contributed by atoms with E-state index in [0.717, 1.165) is 0 Å². The summed E-state index contributed by atoms with van der Waals surface area (Å²) in [4.78, 5) is 51.3. The van der Waals surface area contributed by atoms with Crippen LogP contribution in [0.4, 0.5) is 10.7 Å². The monoisotopic (exact) mass is 466 g/mol. The van der Waals surface area contributed by atoms with Gasteiger partial charge in [-0.15, -0.1) is 0 Å². The Balaban J connectivity index is 1.95. The molecule has 174 valence electrons. The molecule has 1 fully saturated rings. The van der Waals surface area contributed by atoms with E-state index in [1.807, 2.05) is 0 Å². The van der Waals surface area contributed by atoms with E-state index in [4.69, 9.17) is 21.1 Å². The minimum atomic E-state index is -0.824. The van der Waals surface area contributed by atoms with Crippen molar-refractivity contribution in [1.82, 2.24) is 24.4 Å². The first kappa shape index (κ1) is 23.7. The lowest BCUT2D eigenvalue weighted by Crippen LogP contribution is -2.43. The molecule has 32 heavy (non-hydrogen) atoms. The number of aromatic nitrogens is 4. The van der Waals surface area contributed by atoms with Gasteiger partial charge in [-0.3, -0.25) is 15.0 Å². The van der Waals surface area contributed by atoms with Crippen LogP contribution in [-0.4, -0.2) is 67.7 Å². The highest BCUT2D eigenvalue weighted by Gasteiger charge is 2.43. The van der Waals surface area contributed by atoms with Gasteiger partial charge in [-0.25, -0.2) is 14.6 Å². The smallest absolute Gasteiger partial charge is 0.411 e. The third-order valence-electron chi connectivity index (χ3n) is 4.91. The van der Waals surface area contributed by atoms with E-state index in [1.165, 1.54) is 18.3 Å². The lowest BCUT2D eigenvalue weighted by atomic mass is 10.1. The van der Waals surface area contributed by atoms with Gasteiger partial charge < -0.3 is 14.0 Å². The Morgan fingerprint density at radius 3 is 2.53 bits per heavy atom. The molecule has 1 aliphatic rings. The fourth-order valence-corrected chi connectivity index (χ4v) is 3.57. The molecular formula is C20H27ClN6O5. The zero-order chi connectivity index (χ0) is 23.8. The average Bonchev–Trinajstić information content (AvgIpc) is 3.30. The van der Waals surface area contributed by atoms with Crippen molar-refractivity contribution in [2.45, 2.75) is 58.7 Å². The van der Waals surface area contributed by atoms with Gasteiger partial charge in [-0.2, -0.15) is 9.97 Å². The van der Waals surface area contributed by atoms with Crippen LogP contribution < -0.4 is 5.32 Å². The molecule has 3 heterocycles. The number of imidazole rings is 1. The van der Waals surface area contributed by atoms with Crippen LogP contribution in [0.3, 0.4) is 0 Å². The first-order valence-corrected chi connectivity index (χ1v) is 10.6. The molecule has 1 saturated heterocycles. The summed E-state index contributed by atoms with van der Waals surface area (Å²) in [5.74, 6) is -1.01. The number of esters is 1. The second-order valence-electron chi connectivity index (χ2n) is 8.87. The van der Waals surface area contributed by atoms with Crippen molar-refractivity contribution in [2.24, 2.45) is 5.92 Å². The summed E-state index contributed by atoms with van der Waals surface area (Å²) in [6.07, 6.45) is 1.18. The number of amides is 2. The molecule has 2 amide bonds. The molecule has 2 aromatic heterocycles. The van der Waals surface area contributed by atoms with Gasteiger partial charge in [0.25, 0.3) is 0 Å². The number of carbonyl (C=O) groups excluding carboxylic acids is 3. The highest BCUT2D eigenvalue weighted by molar-refractivity contribution is 6.33. The standard InChI is InChI=1S/C20H27ClN6O5/c1-10(2)16(28)25-18-23-14(21)13-15(24-18)27(9-22-13)11-7-12(17(29)31-6)26(8-11)19(30)32-20(3,4)5/h9-12H,7-8H2,1-6H3,(H,23,24,25,28)/t11-,12-/m1/s1. The van der Waals surface area contributed by atoms with E-state index < -0.39 is 23.7 Å². The number of anilines is 1. The molecule has 0 radical (unpaired) electrons. The summed E-state index contributed by atoms with van der Waals surface area (Å²) in [5, 5.41) is 2.71. The van der Waals surface area contributed by atoms with Crippen molar-refractivity contribution < 1.29 is 23.9 Å². The molecule has 0 unspecified atom stereocenters. The van der Waals surface area contributed by atoms with Crippen LogP contribution in [0.1, 0.15) is 47.1 Å². The van der Waals surface area contributed by atoms with E-state index in [2.05, 4.69) is 20.3 Å². The number of hydrogen-bond donors (Lipinski definition) is 1. The molecule has 1 aliphatic heterocycles. The number of rotatable bonds is 4. The molecule has 0 aliphatic carbocycles. The predicted octanol–water partition coefficient (Wildman–Crippen LogP) is 2.80. The summed E-state index contributed by atoms with van der Waals surface area (Å²) < 4.78 is 12.1. The van der Waals surface area contributed by atoms with Crippen LogP contribution in [0.15, 0.2) is 6.33 Å². The van der Waals surface area contributed by atoms with E-state index in [9.17, 15) is 14.4 Å². The quantitative estimate of drug-likeness (QED) is 0.538. The minimum absolute atomic E-state index is 0.0504. The number of likely N-dealkylation sites (tertiary alicyclic amines) is 1. The maximum absolute atomic E-state index is 12.7. The van der Waals surface area contributed by atoms with Gasteiger partial charge in [0.2, 0.25) is 11.9 Å². The molecule has 0 spiro atoms. The number of halogens is 1. The molecule has 2 aromatic rings. The van der Waals surface area contributed by atoms with Gasteiger partial charge in [-0.1, -0.05) is 25.4 Å². The summed E-state index contributed by atoms with van der Waals surface area (Å²) in [7, 11) is 1.27. The highest BCUT2D eigenvalue weighted by Crippen LogP contribution is 2.33. The number of nitrogens with one attached hydrogen (secondary N) is 1. The third kappa shape index (κ3) is 4.93. The fraction of sp³-hybridized carbons (Fsp3) is 0.600. The predicted molar refractivity (Wildman–Crippen MR) is 116 cm³/mol. The molecule has 3 rings (SSSR count). The summed E-state index contributed by atoms with van der Waals surface area (Å²) in [6.45, 7) is 8.92. The number of fused-ring (bicyclic) bond motifs is 1. The Kier molecular flexibility index (Phi) is 6.59. The molecule has 12 heteroatoms. The second kappa shape index (κ2) is 8.89. The van der Waals surface area contributed by atoms with E-state index in [-0.39, 0.29) is 41.9 Å². The average molecular weight is 467 g/mol. The van der Waals surface area contributed by atoms with Crippen molar-refractivity contribution in [3.63, 3.8) is 0 Å². The van der Waals surface area contributed by atoms with Gasteiger partial charge in [-0.05, 0) is 20.8 Å². The van der Waals surface area contributed by atoms with Crippen molar-refractivity contribution in [1.29, 1.82) is 0 Å². The fourth-order valence-electron chi connectivity index (χ4n) is 3.36. The molecule has 11 nitrogen and oxygen atoms in total. The minimum Gasteiger partial charge on any atom is -0.467 e. The maximum atomic E-state index is 12.7. The number of carbonyl (C=O) groups is 3. The van der Waals surface area contributed by atoms with Crippen molar-refractivity contribution >= 4 is 46.7 Å². The van der Waals surface area contributed by atoms with Gasteiger partial charge in [0.1, 0.15) is 17.2 Å². The highest BCUT2D eigenvalue weighted by atomic mass is 35.5. The van der Waals surface area contributed by atoms with Gasteiger partial charge >= 0.3 is 12.1 Å². The first-order chi connectivity index (χ1) is 14.9. The van der Waals surface area contributed by atoms with Crippen LogP contribution in [0, 0.1) is 5.92 Å². The zero-order valence-electron chi connectivity index (χ0n) is 18.9. The SMILES string of the molecule is COC(=O)[C@H]1C[C@@H](n2cnc3c(Cl)nc(NC(=O)C(C)C)nc32)CN1C(=O)OC(C)(C)C. The molecule has 2 atom stereocenters. The maximum Gasteiger partial charge on any atom is 0.411 e. The first-order valence-electron chi connectivity index (χ1n) is 10.2. The number of hydrogen-bond acceptors (Lipinski definition) is 8. The lowest BCUT2D eigenvalue weighted by Gasteiger charge is -2.27. The van der Waals surface area contributed by atoms with E-state index in [1.54, 1.807) is 39.2 Å². The molecule has 1 N–H and O–H groups in total. The largest absolute Gasteiger partial charge is 0.467 e. The van der Waals surface area contributed by atoms with Gasteiger partial charge in [0.15, 0.2) is 10.8 Å². The number of ether oxygens (including phenoxy) is 2. The van der Waals surface area contributed by atoms with Crippen LogP contribution in [-0.2, 0) is 19.1 Å². The topological polar surface area (TPSA) is 129 Å². The zero-order valence-corrected chi connectivity index (χ0v) is 19.6. The third-order valence-corrected chi connectivity index (χ3v) is 5.18. The van der Waals surface area contributed by atoms with Crippen molar-refractivity contribution in [2.75, 3.05) is 19.0 Å².